The van der Waals surface area contributed by atoms with Gasteiger partial charge in [0.2, 0.25) is 21.8 Å². The van der Waals surface area contributed by atoms with E-state index >= 15 is 0 Å². The third-order valence-corrected chi connectivity index (χ3v) is 8.45. The van der Waals surface area contributed by atoms with Crippen LogP contribution in [0.1, 0.15) is 43.7 Å². The number of carbonyl (C=O) groups is 2. The Bertz CT molecular complexity index is 1310. The molecule has 1 saturated carbocycles. The van der Waals surface area contributed by atoms with Gasteiger partial charge >= 0.3 is 0 Å². The number of rotatable bonds is 10. The zero-order valence-corrected chi connectivity index (χ0v) is 23.6. The van der Waals surface area contributed by atoms with Crippen molar-refractivity contribution in [2.24, 2.45) is 0 Å². The maximum atomic E-state index is 13.7. The molecule has 0 bridgehead atoms. The average Bonchev–Trinajstić information content (AvgIpc) is 3.34. The van der Waals surface area contributed by atoms with Crippen molar-refractivity contribution in [2.75, 3.05) is 17.1 Å². The van der Waals surface area contributed by atoms with Crippen LogP contribution >= 0.6 is 23.2 Å². The van der Waals surface area contributed by atoms with Crippen molar-refractivity contribution in [2.45, 2.75) is 58.2 Å². The SMILES string of the molecule is Cc1ccc([N+](=O)[O-])cc1N(CC(=O)N(Cc1c(Cl)cccc1Cl)[C@H](C)C(=O)NC1CCCC1)S(C)(=O)=O. The summed E-state index contributed by atoms with van der Waals surface area (Å²) >= 11 is 12.7. The summed E-state index contributed by atoms with van der Waals surface area (Å²) in [6, 6.07) is 7.64. The summed E-state index contributed by atoms with van der Waals surface area (Å²) in [5.74, 6) is -1.09. The highest BCUT2D eigenvalue weighted by Crippen LogP contribution is 2.30. The van der Waals surface area contributed by atoms with Crippen LogP contribution in [-0.2, 0) is 26.2 Å². The lowest BCUT2D eigenvalue weighted by Gasteiger charge is -2.32. The quantitative estimate of drug-likeness (QED) is 0.324. The van der Waals surface area contributed by atoms with Crippen LogP contribution in [0.3, 0.4) is 0 Å². The number of nitrogens with zero attached hydrogens (tertiary/aromatic N) is 3. The maximum absolute atomic E-state index is 13.7. The Hall–Kier alpha value is -2.89. The van der Waals surface area contributed by atoms with Crippen molar-refractivity contribution >= 4 is 56.4 Å². The van der Waals surface area contributed by atoms with Crippen molar-refractivity contribution in [1.82, 2.24) is 10.2 Å². The monoisotopic (exact) mass is 584 g/mol. The molecule has 3 rings (SSSR count). The standard InChI is InChI=1S/C25H30Cl2N4O6S/c1-16-11-12-19(31(34)35)13-23(16)30(38(3,36)37)15-24(32)29(14-20-21(26)9-6-10-22(20)27)17(2)25(33)28-18-7-4-5-8-18/h6,9-13,17-18H,4-5,7-8,14-15H2,1-3H3,(H,28,33)/t17-/m1/s1. The molecule has 2 aromatic rings. The van der Waals surface area contributed by atoms with Crippen LogP contribution in [0.5, 0.6) is 0 Å². The normalized spacial score (nSPS) is 14.7. The van der Waals surface area contributed by atoms with E-state index < -0.39 is 33.4 Å². The lowest BCUT2D eigenvalue weighted by molar-refractivity contribution is -0.384. The van der Waals surface area contributed by atoms with Crippen molar-refractivity contribution in [3.8, 4) is 0 Å². The molecule has 1 aliphatic rings. The van der Waals surface area contributed by atoms with Gasteiger partial charge in [-0.05, 0) is 44.4 Å². The number of carbonyl (C=O) groups excluding carboxylic acids is 2. The predicted octanol–water partition coefficient (Wildman–Crippen LogP) is 4.45. The molecule has 0 unspecified atom stereocenters. The summed E-state index contributed by atoms with van der Waals surface area (Å²) in [5, 5.41) is 14.9. The zero-order valence-electron chi connectivity index (χ0n) is 21.3. The number of aryl methyl sites for hydroxylation is 1. The molecule has 1 aliphatic carbocycles. The van der Waals surface area contributed by atoms with Gasteiger partial charge in [0, 0.05) is 40.3 Å². The number of nitro groups is 1. The third-order valence-electron chi connectivity index (χ3n) is 6.61. The fourth-order valence-electron chi connectivity index (χ4n) is 4.40. The lowest BCUT2D eigenvalue weighted by Crippen LogP contribution is -2.52. The number of nitro benzene ring substituents is 1. The van der Waals surface area contributed by atoms with Crippen LogP contribution in [0, 0.1) is 17.0 Å². The molecule has 2 amide bonds. The number of sulfonamides is 1. The predicted molar refractivity (Wildman–Crippen MR) is 147 cm³/mol. The van der Waals surface area contributed by atoms with E-state index in [2.05, 4.69) is 5.32 Å². The molecule has 0 spiro atoms. The summed E-state index contributed by atoms with van der Waals surface area (Å²) in [4.78, 5) is 38.8. The molecule has 1 N–H and O–H groups in total. The summed E-state index contributed by atoms with van der Waals surface area (Å²) < 4.78 is 26.4. The zero-order chi connectivity index (χ0) is 28.2. The molecule has 13 heteroatoms. The fourth-order valence-corrected chi connectivity index (χ4v) is 5.82. The highest BCUT2D eigenvalue weighted by molar-refractivity contribution is 7.92. The van der Waals surface area contributed by atoms with E-state index in [4.69, 9.17) is 23.2 Å². The number of hydrogen-bond acceptors (Lipinski definition) is 6. The van der Waals surface area contributed by atoms with Crippen LogP contribution in [0.2, 0.25) is 10.0 Å². The van der Waals surface area contributed by atoms with Gasteiger partial charge < -0.3 is 10.2 Å². The number of anilines is 1. The van der Waals surface area contributed by atoms with Gasteiger partial charge in [0.05, 0.1) is 16.9 Å². The van der Waals surface area contributed by atoms with Gasteiger partial charge in [-0.25, -0.2) is 8.42 Å². The molecule has 1 atom stereocenters. The minimum Gasteiger partial charge on any atom is -0.352 e. The van der Waals surface area contributed by atoms with Gasteiger partial charge in [0.15, 0.2) is 0 Å². The van der Waals surface area contributed by atoms with Crippen molar-refractivity contribution in [1.29, 1.82) is 0 Å². The van der Waals surface area contributed by atoms with E-state index in [1.165, 1.54) is 17.0 Å². The second kappa shape index (κ2) is 12.3. The van der Waals surface area contributed by atoms with Crippen LogP contribution in [-0.4, -0.2) is 54.9 Å². The van der Waals surface area contributed by atoms with Crippen LogP contribution in [0.25, 0.3) is 0 Å². The van der Waals surface area contributed by atoms with Gasteiger partial charge in [-0.1, -0.05) is 48.2 Å². The minimum absolute atomic E-state index is 0.00541. The molecule has 10 nitrogen and oxygen atoms in total. The molecule has 0 aromatic heterocycles. The van der Waals surface area contributed by atoms with Crippen LogP contribution in [0.4, 0.5) is 11.4 Å². The van der Waals surface area contributed by atoms with Crippen molar-refractivity contribution in [3.63, 3.8) is 0 Å². The number of nitrogens with one attached hydrogen (secondary N) is 1. The molecule has 0 radical (unpaired) electrons. The third kappa shape index (κ3) is 7.15. The molecular formula is C25H30Cl2N4O6S. The summed E-state index contributed by atoms with van der Waals surface area (Å²) in [6.07, 6.45) is 4.60. The molecule has 2 aromatic carbocycles. The Kier molecular flexibility index (Phi) is 9.61. The molecule has 206 valence electrons. The van der Waals surface area contributed by atoms with Crippen molar-refractivity contribution in [3.05, 3.63) is 67.7 Å². The Balaban J connectivity index is 1.99. The van der Waals surface area contributed by atoms with E-state index in [9.17, 15) is 28.1 Å². The fraction of sp³-hybridized carbons (Fsp3) is 0.440. The molecule has 0 saturated heterocycles. The van der Waals surface area contributed by atoms with E-state index in [1.54, 1.807) is 32.0 Å². The number of benzene rings is 2. The van der Waals surface area contributed by atoms with Gasteiger partial charge in [-0.3, -0.25) is 24.0 Å². The number of non-ortho nitro benzene ring substituents is 1. The van der Waals surface area contributed by atoms with Crippen molar-refractivity contribution < 1.29 is 22.9 Å². The van der Waals surface area contributed by atoms with Gasteiger partial charge in [0.25, 0.3) is 5.69 Å². The van der Waals surface area contributed by atoms with Crippen LogP contribution in [0.15, 0.2) is 36.4 Å². The molecule has 1 fully saturated rings. The van der Waals surface area contributed by atoms with Gasteiger partial charge in [-0.2, -0.15) is 0 Å². The first-order valence-electron chi connectivity index (χ1n) is 12.0. The summed E-state index contributed by atoms with van der Waals surface area (Å²) in [7, 11) is -4.05. The van der Waals surface area contributed by atoms with E-state index in [0.717, 1.165) is 42.3 Å². The smallest absolute Gasteiger partial charge is 0.271 e. The Labute approximate surface area is 232 Å². The maximum Gasteiger partial charge on any atom is 0.271 e. The van der Waals surface area contributed by atoms with Crippen LogP contribution < -0.4 is 9.62 Å². The van der Waals surface area contributed by atoms with E-state index in [-0.39, 0.29) is 39.9 Å². The number of halogens is 2. The minimum atomic E-state index is -4.05. The highest BCUT2D eigenvalue weighted by Gasteiger charge is 2.33. The summed E-state index contributed by atoms with van der Waals surface area (Å²) in [5.41, 5.74) is 0.494. The van der Waals surface area contributed by atoms with E-state index in [1.807, 2.05) is 0 Å². The average molecular weight is 586 g/mol. The van der Waals surface area contributed by atoms with E-state index in [0.29, 0.717) is 11.1 Å². The Morgan fingerprint density at radius 1 is 1.16 bits per heavy atom. The number of amides is 2. The molecule has 0 aliphatic heterocycles. The largest absolute Gasteiger partial charge is 0.352 e. The summed E-state index contributed by atoms with van der Waals surface area (Å²) in [6.45, 7) is 2.29. The first-order valence-corrected chi connectivity index (χ1v) is 14.7. The second-order valence-corrected chi connectivity index (χ2v) is 12.1. The van der Waals surface area contributed by atoms with Gasteiger partial charge in [-0.15, -0.1) is 0 Å². The lowest BCUT2D eigenvalue weighted by atomic mass is 10.1. The topological polar surface area (TPSA) is 130 Å². The molecule has 38 heavy (non-hydrogen) atoms. The second-order valence-electron chi connectivity index (χ2n) is 9.39. The highest BCUT2D eigenvalue weighted by atomic mass is 35.5. The molecular weight excluding hydrogens is 555 g/mol. The molecule has 0 heterocycles. The Morgan fingerprint density at radius 2 is 1.76 bits per heavy atom. The van der Waals surface area contributed by atoms with Gasteiger partial charge in [0.1, 0.15) is 12.6 Å². The number of hydrogen-bond donors (Lipinski definition) is 1. The Morgan fingerprint density at radius 3 is 2.32 bits per heavy atom. The first-order chi connectivity index (χ1) is 17.8. The first kappa shape index (κ1) is 29.7.